The second kappa shape index (κ2) is 4.27. The number of hydrogen-bond acceptors (Lipinski definition) is 2. The number of ether oxygens (including phenoxy) is 1. The van der Waals surface area contributed by atoms with Gasteiger partial charge in [0, 0.05) is 18.0 Å². The molecule has 0 aromatic heterocycles. The molecule has 1 fully saturated rings. The Morgan fingerprint density at radius 3 is 2.72 bits per heavy atom. The molecule has 1 aromatic carbocycles. The Kier molecular flexibility index (Phi) is 2.86. The van der Waals surface area contributed by atoms with Gasteiger partial charge in [-0.2, -0.15) is 0 Å². The first-order chi connectivity index (χ1) is 8.58. The van der Waals surface area contributed by atoms with E-state index in [-0.39, 0.29) is 11.6 Å². The molecular formula is C16H23NO. The molecule has 1 heterocycles. The van der Waals surface area contributed by atoms with Gasteiger partial charge in [-0.25, -0.2) is 0 Å². The molecule has 2 nitrogen and oxygen atoms in total. The van der Waals surface area contributed by atoms with Crippen molar-refractivity contribution in [1.29, 1.82) is 0 Å². The fourth-order valence-corrected chi connectivity index (χ4v) is 3.43. The minimum Gasteiger partial charge on any atom is -0.487 e. The van der Waals surface area contributed by atoms with Crippen molar-refractivity contribution in [1.82, 2.24) is 0 Å². The van der Waals surface area contributed by atoms with Gasteiger partial charge in [0.25, 0.3) is 0 Å². The molecule has 1 aliphatic carbocycles. The Balaban J connectivity index is 1.89. The largest absolute Gasteiger partial charge is 0.487 e. The lowest BCUT2D eigenvalue weighted by Crippen LogP contribution is -2.45. The number of aryl methyl sites for hydroxylation is 1. The number of rotatable bonds is 0. The minimum atomic E-state index is 0.0220. The summed E-state index contributed by atoms with van der Waals surface area (Å²) in [6.45, 7) is 4.45. The molecule has 1 saturated carbocycles. The van der Waals surface area contributed by atoms with Gasteiger partial charge >= 0.3 is 0 Å². The predicted molar refractivity (Wildman–Crippen MR) is 73.7 cm³/mol. The van der Waals surface area contributed by atoms with Crippen LogP contribution < -0.4 is 10.5 Å². The van der Waals surface area contributed by atoms with Gasteiger partial charge in [-0.1, -0.05) is 24.6 Å². The molecule has 1 atom stereocenters. The van der Waals surface area contributed by atoms with Gasteiger partial charge in [0.1, 0.15) is 11.4 Å². The molecule has 3 rings (SSSR count). The van der Waals surface area contributed by atoms with E-state index in [1.807, 2.05) is 0 Å². The quantitative estimate of drug-likeness (QED) is 0.756. The Hall–Kier alpha value is -1.02. The third-order valence-corrected chi connectivity index (χ3v) is 4.67. The van der Waals surface area contributed by atoms with Crippen LogP contribution in [0, 0.1) is 12.8 Å². The van der Waals surface area contributed by atoms with Crippen LogP contribution in [0.2, 0.25) is 0 Å². The SMILES string of the molecule is Cc1ccc2c(c1)C(N)CC1(CCC(C)CC1)O2. The highest BCUT2D eigenvalue weighted by atomic mass is 16.5. The highest BCUT2D eigenvalue weighted by Gasteiger charge is 2.41. The molecule has 0 radical (unpaired) electrons. The molecule has 2 heteroatoms. The van der Waals surface area contributed by atoms with Crippen molar-refractivity contribution in [3.8, 4) is 5.75 Å². The van der Waals surface area contributed by atoms with Crippen LogP contribution in [-0.2, 0) is 0 Å². The summed E-state index contributed by atoms with van der Waals surface area (Å²) >= 11 is 0. The summed E-state index contributed by atoms with van der Waals surface area (Å²) < 4.78 is 6.35. The summed E-state index contributed by atoms with van der Waals surface area (Å²) in [5.41, 5.74) is 8.86. The molecule has 1 aliphatic heterocycles. The van der Waals surface area contributed by atoms with E-state index in [0.29, 0.717) is 0 Å². The molecule has 98 valence electrons. The van der Waals surface area contributed by atoms with Crippen LogP contribution in [-0.4, -0.2) is 5.60 Å². The highest BCUT2D eigenvalue weighted by molar-refractivity contribution is 5.41. The van der Waals surface area contributed by atoms with Crippen LogP contribution in [0.15, 0.2) is 18.2 Å². The van der Waals surface area contributed by atoms with Crippen LogP contribution in [0.1, 0.15) is 56.2 Å². The molecule has 1 aromatic rings. The summed E-state index contributed by atoms with van der Waals surface area (Å²) in [5.74, 6) is 1.86. The van der Waals surface area contributed by atoms with Crippen molar-refractivity contribution >= 4 is 0 Å². The molecular weight excluding hydrogens is 222 g/mol. The third kappa shape index (κ3) is 2.03. The van der Waals surface area contributed by atoms with E-state index in [2.05, 4.69) is 32.0 Å². The van der Waals surface area contributed by atoms with Crippen LogP contribution in [0.4, 0.5) is 0 Å². The molecule has 0 saturated heterocycles. The Morgan fingerprint density at radius 2 is 2.00 bits per heavy atom. The van der Waals surface area contributed by atoms with Gasteiger partial charge in [-0.15, -0.1) is 0 Å². The monoisotopic (exact) mass is 245 g/mol. The van der Waals surface area contributed by atoms with E-state index in [1.165, 1.54) is 24.0 Å². The van der Waals surface area contributed by atoms with Crippen LogP contribution in [0.25, 0.3) is 0 Å². The molecule has 2 aliphatic rings. The van der Waals surface area contributed by atoms with Crippen molar-refractivity contribution in [3.05, 3.63) is 29.3 Å². The van der Waals surface area contributed by atoms with Gasteiger partial charge in [-0.3, -0.25) is 0 Å². The topological polar surface area (TPSA) is 35.2 Å². The van der Waals surface area contributed by atoms with E-state index in [1.54, 1.807) is 0 Å². The Labute approximate surface area is 110 Å². The van der Waals surface area contributed by atoms with Crippen molar-refractivity contribution in [3.63, 3.8) is 0 Å². The Bertz CT molecular complexity index is 446. The van der Waals surface area contributed by atoms with E-state index in [4.69, 9.17) is 10.5 Å². The summed E-state index contributed by atoms with van der Waals surface area (Å²) in [7, 11) is 0. The minimum absolute atomic E-state index is 0.0220. The normalized spacial score (nSPS) is 35.1. The van der Waals surface area contributed by atoms with Gasteiger partial charge < -0.3 is 10.5 Å². The fraction of sp³-hybridized carbons (Fsp3) is 0.625. The van der Waals surface area contributed by atoms with E-state index >= 15 is 0 Å². The highest BCUT2D eigenvalue weighted by Crippen LogP contribution is 2.46. The first-order valence-corrected chi connectivity index (χ1v) is 7.13. The summed E-state index contributed by atoms with van der Waals surface area (Å²) in [6, 6.07) is 6.54. The summed E-state index contributed by atoms with van der Waals surface area (Å²) in [4.78, 5) is 0. The van der Waals surface area contributed by atoms with Gasteiger partial charge in [0.05, 0.1) is 0 Å². The maximum Gasteiger partial charge on any atom is 0.124 e. The lowest BCUT2D eigenvalue weighted by Gasteiger charge is -2.45. The third-order valence-electron chi connectivity index (χ3n) is 4.67. The van der Waals surface area contributed by atoms with Crippen LogP contribution in [0.5, 0.6) is 5.75 Å². The first kappa shape index (κ1) is 12.0. The summed E-state index contributed by atoms with van der Waals surface area (Å²) in [6.07, 6.45) is 5.85. The second-order valence-electron chi connectivity index (χ2n) is 6.32. The molecule has 0 amide bonds. The van der Waals surface area contributed by atoms with Crippen molar-refractivity contribution in [2.45, 2.75) is 57.6 Å². The van der Waals surface area contributed by atoms with Crippen LogP contribution in [0.3, 0.4) is 0 Å². The number of hydrogen-bond donors (Lipinski definition) is 1. The molecule has 0 bridgehead atoms. The number of benzene rings is 1. The van der Waals surface area contributed by atoms with E-state index < -0.39 is 0 Å². The second-order valence-corrected chi connectivity index (χ2v) is 6.32. The standard InChI is InChI=1S/C16H23NO/c1-11-5-7-16(8-6-11)10-14(17)13-9-12(2)3-4-15(13)18-16/h3-4,9,11,14H,5-8,10,17H2,1-2H3. The number of fused-ring (bicyclic) bond motifs is 1. The number of nitrogens with two attached hydrogens (primary N) is 1. The molecule has 18 heavy (non-hydrogen) atoms. The summed E-state index contributed by atoms with van der Waals surface area (Å²) in [5, 5.41) is 0. The lowest BCUT2D eigenvalue weighted by atomic mass is 9.74. The zero-order valence-electron chi connectivity index (χ0n) is 11.4. The average Bonchev–Trinajstić information content (AvgIpc) is 2.35. The zero-order valence-corrected chi connectivity index (χ0v) is 11.4. The van der Waals surface area contributed by atoms with Gasteiger partial charge in [0.2, 0.25) is 0 Å². The maximum absolute atomic E-state index is 6.38. The fourth-order valence-electron chi connectivity index (χ4n) is 3.43. The predicted octanol–water partition coefficient (Wildman–Crippen LogP) is 3.73. The van der Waals surface area contributed by atoms with E-state index in [0.717, 1.165) is 30.9 Å². The van der Waals surface area contributed by atoms with Crippen molar-refractivity contribution in [2.24, 2.45) is 11.7 Å². The maximum atomic E-state index is 6.38. The Morgan fingerprint density at radius 1 is 1.28 bits per heavy atom. The van der Waals surface area contributed by atoms with Crippen LogP contribution >= 0.6 is 0 Å². The van der Waals surface area contributed by atoms with Crippen molar-refractivity contribution in [2.75, 3.05) is 0 Å². The average molecular weight is 245 g/mol. The van der Waals surface area contributed by atoms with Crippen molar-refractivity contribution < 1.29 is 4.74 Å². The molecule has 1 spiro atoms. The van der Waals surface area contributed by atoms with Gasteiger partial charge in [-0.05, 0) is 44.6 Å². The van der Waals surface area contributed by atoms with Gasteiger partial charge in [0.15, 0.2) is 0 Å². The smallest absolute Gasteiger partial charge is 0.124 e. The molecule has 2 N–H and O–H groups in total. The molecule has 1 unspecified atom stereocenters. The zero-order chi connectivity index (χ0) is 12.8. The first-order valence-electron chi connectivity index (χ1n) is 7.13. The lowest BCUT2D eigenvalue weighted by molar-refractivity contribution is -0.00855. The van der Waals surface area contributed by atoms with E-state index in [9.17, 15) is 0 Å².